The molecular formula is C33H22FNO2. The number of allylic oxidation sites excluding steroid dienone is 1. The molecule has 37 heavy (non-hydrogen) atoms. The lowest BCUT2D eigenvalue weighted by Crippen LogP contribution is -2.19. The zero-order chi connectivity index (χ0) is 24.9. The number of carbonyl (C=O) groups excluding carboxylic acids is 1. The summed E-state index contributed by atoms with van der Waals surface area (Å²) in [7, 11) is 0. The average Bonchev–Trinajstić information content (AvgIpc) is 3.23. The molecule has 2 aliphatic rings. The Morgan fingerprint density at radius 2 is 1.49 bits per heavy atom. The number of fused-ring (bicyclic) bond motifs is 5. The highest BCUT2D eigenvalue weighted by Crippen LogP contribution is 2.51. The average molecular weight is 484 g/mol. The van der Waals surface area contributed by atoms with Crippen LogP contribution in [0.3, 0.4) is 0 Å². The number of ketones is 1. The first kappa shape index (κ1) is 21.6. The first-order chi connectivity index (χ1) is 18.2. The Labute approximate surface area is 213 Å². The predicted octanol–water partition coefficient (Wildman–Crippen LogP) is 7.72. The van der Waals surface area contributed by atoms with Crippen molar-refractivity contribution in [3.8, 4) is 5.75 Å². The number of benzene rings is 5. The molecule has 0 fully saturated rings. The number of ether oxygens (including phenoxy) is 1. The Balaban J connectivity index is 1.33. The first-order valence-electron chi connectivity index (χ1n) is 12.3. The fourth-order valence-electron chi connectivity index (χ4n) is 5.57. The van der Waals surface area contributed by atoms with Crippen molar-refractivity contribution in [1.82, 2.24) is 0 Å². The molecule has 3 nitrogen and oxygen atoms in total. The molecule has 7 rings (SSSR count). The van der Waals surface area contributed by atoms with Gasteiger partial charge in [0, 0.05) is 33.9 Å². The highest BCUT2D eigenvalue weighted by molar-refractivity contribution is 6.24. The summed E-state index contributed by atoms with van der Waals surface area (Å²) < 4.78 is 19.9. The van der Waals surface area contributed by atoms with E-state index in [2.05, 4.69) is 29.6 Å². The van der Waals surface area contributed by atoms with E-state index in [1.807, 2.05) is 60.7 Å². The highest BCUT2D eigenvalue weighted by Gasteiger charge is 2.40. The number of hydrogen-bond donors (Lipinski definition) is 1. The number of carbonyl (C=O) groups is 1. The van der Waals surface area contributed by atoms with E-state index in [1.165, 1.54) is 6.07 Å². The molecule has 0 aromatic heterocycles. The van der Waals surface area contributed by atoms with Crippen LogP contribution >= 0.6 is 0 Å². The lowest BCUT2D eigenvalue weighted by Gasteiger charge is -2.30. The largest absolute Gasteiger partial charge is 0.489 e. The van der Waals surface area contributed by atoms with Crippen molar-refractivity contribution >= 4 is 27.9 Å². The Morgan fingerprint density at radius 1 is 0.757 bits per heavy atom. The Hall–Kier alpha value is -4.70. The summed E-state index contributed by atoms with van der Waals surface area (Å²) in [6.07, 6.45) is 0. The second kappa shape index (κ2) is 8.45. The van der Waals surface area contributed by atoms with Crippen molar-refractivity contribution in [2.24, 2.45) is 0 Å². The maximum atomic E-state index is 14.0. The van der Waals surface area contributed by atoms with Crippen LogP contribution in [0.5, 0.6) is 5.75 Å². The van der Waals surface area contributed by atoms with E-state index in [0.717, 1.165) is 50.0 Å². The lowest BCUT2D eigenvalue weighted by atomic mass is 9.78. The van der Waals surface area contributed by atoms with Crippen LogP contribution in [-0.4, -0.2) is 5.78 Å². The molecule has 0 bridgehead atoms. The minimum absolute atomic E-state index is 0.0570. The summed E-state index contributed by atoms with van der Waals surface area (Å²) >= 11 is 0. The summed E-state index contributed by atoms with van der Waals surface area (Å²) in [6.45, 7) is 0.149. The summed E-state index contributed by atoms with van der Waals surface area (Å²) in [6, 6.07) is 34.7. The van der Waals surface area contributed by atoms with Crippen LogP contribution in [0.15, 0.2) is 115 Å². The Kier molecular flexibility index (Phi) is 4.93. The minimum Gasteiger partial charge on any atom is -0.489 e. The van der Waals surface area contributed by atoms with E-state index in [-0.39, 0.29) is 24.1 Å². The molecule has 0 radical (unpaired) electrons. The van der Waals surface area contributed by atoms with Gasteiger partial charge in [0.1, 0.15) is 18.2 Å². The molecule has 4 heteroatoms. The van der Waals surface area contributed by atoms with Crippen LogP contribution < -0.4 is 10.1 Å². The van der Waals surface area contributed by atoms with Crippen LogP contribution in [0.1, 0.15) is 38.5 Å². The fourth-order valence-corrected chi connectivity index (χ4v) is 5.57. The molecule has 1 atom stereocenters. The first-order valence-corrected chi connectivity index (χ1v) is 12.3. The summed E-state index contributed by atoms with van der Waals surface area (Å²) in [5.41, 5.74) is 6.94. The van der Waals surface area contributed by atoms with Gasteiger partial charge in [-0.1, -0.05) is 84.9 Å². The third kappa shape index (κ3) is 3.45. The molecular weight excluding hydrogens is 461 g/mol. The SMILES string of the molecule is O=C1C2=C(Nc3ccc4ccccc4c3C2c2ccc(OCc3ccccc3F)cc2)c2ccccc21. The predicted molar refractivity (Wildman–Crippen MR) is 144 cm³/mol. The molecule has 0 saturated carbocycles. The fraction of sp³-hybridized carbons (Fsp3) is 0.0606. The van der Waals surface area contributed by atoms with Crippen molar-refractivity contribution < 1.29 is 13.9 Å². The zero-order valence-electron chi connectivity index (χ0n) is 19.9. The van der Waals surface area contributed by atoms with Gasteiger partial charge in [-0.05, 0) is 46.2 Å². The summed E-state index contributed by atoms with van der Waals surface area (Å²) in [5, 5.41) is 5.84. The second-order valence-electron chi connectivity index (χ2n) is 9.42. The van der Waals surface area contributed by atoms with Crippen molar-refractivity contribution in [3.05, 3.63) is 148 Å². The Bertz CT molecular complexity index is 1740. The number of nitrogens with one attached hydrogen (secondary N) is 1. The topological polar surface area (TPSA) is 38.3 Å². The molecule has 178 valence electrons. The molecule has 1 N–H and O–H groups in total. The van der Waals surface area contributed by atoms with E-state index in [9.17, 15) is 9.18 Å². The standard InChI is InChI=1S/C33H22FNO2/c34-27-12-6-2-8-22(27)19-37-23-16-13-21(14-17-23)29-30-24-9-3-1-7-20(24)15-18-28(30)35-32-25-10-4-5-11-26(25)33(36)31(29)32/h1-18,29,35H,19H2. The third-order valence-corrected chi connectivity index (χ3v) is 7.33. The van der Waals surface area contributed by atoms with Gasteiger partial charge in [0.25, 0.3) is 0 Å². The van der Waals surface area contributed by atoms with E-state index in [4.69, 9.17) is 4.74 Å². The van der Waals surface area contributed by atoms with Crippen molar-refractivity contribution in [2.45, 2.75) is 12.5 Å². The molecule has 0 amide bonds. The van der Waals surface area contributed by atoms with E-state index < -0.39 is 0 Å². The monoisotopic (exact) mass is 483 g/mol. The maximum Gasteiger partial charge on any atom is 0.192 e. The van der Waals surface area contributed by atoms with Gasteiger partial charge in [-0.2, -0.15) is 0 Å². The Morgan fingerprint density at radius 3 is 2.32 bits per heavy atom. The van der Waals surface area contributed by atoms with Crippen LogP contribution in [0.2, 0.25) is 0 Å². The molecule has 1 aliphatic carbocycles. The van der Waals surface area contributed by atoms with Gasteiger partial charge in [-0.25, -0.2) is 4.39 Å². The second-order valence-corrected chi connectivity index (χ2v) is 9.42. The summed E-state index contributed by atoms with van der Waals surface area (Å²) in [5.74, 6) is 0.185. The number of anilines is 1. The quantitative estimate of drug-likeness (QED) is 0.284. The molecule has 5 aromatic rings. The van der Waals surface area contributed by atoms with E-state index in [0.29, 0.717) is 11.3 Å². The molecule has 0 saturated heterocycles. The van der Waals surface area contributed by atoms with Gasteiger partial charge in [0.15, 0.2) is 5.78 Å². The van der Waals surface area contributed by atoms with Crippen molar-refractivity contribution in [3.63, 3.8) is 0 Å². The third-order valence-electron chi connectivity index (χ3n) is 7.33. The van der Waals surface area contributed by atoms with Gasteiger partial charge in [0.2, 0.25) is 0 Å². The normalized spacial score (nSPS) is 15.7. The van der Waals surface area contributed by atoms with Crippen molar-refractivity contribution in [2.75, 3.05) is 5.32 Å². The van der Waals surface area contributed by atoms with Gasteiger partial charge in [-0.3, -0.25) is 4.79 Å². The zero-order valence-corrected chi connectivity index (χ0v) is 19.9. The van der Waals surface area contributed by atoms with E-state index in [1.54, 1.807) is 18.2 Å². The van der Waals surface area contributed by atoms with Gasteiger partial charge in [0.05, 0.1) is 5.70 Å². The van der Waals surface area contributed by atoms with Crippen LogP contribution in [0.25, 0.3) is 16.5 Å². The molecule has 5 aromatic carbocycles. The molecule has 1 aliphatic heterocycles. The number of halogens is 1. The summed E-state index contributed by atoms with van der Waals surface area (Å²) in [4.78, 5) is 13.8. The number of rotatable bonds is 4. The smallest absolute Gasteiger partial charge is 0.192 e. The van der Waals surface area contributed by atoms with Gasteiger partial charge < -0.3 is 10.1 Å². The molecule has 0 spiro atoms. The maximum absolute atomic E-state index is 14.0. The van der Waals surface area contributed by atoms with Crippen LogP contribution in [0, 0.1) is 5.82 Å². The number of hydrogen-bond acceptors (Lipinski definition) is 3. The molecule has 1 heterocycles. The number of Topliss-reactive ketones (excluding diaryl/α,β-unsaturated/α-hetero) is 1. The minimum atomic E-state index is -0.281. The molecule has 1 unspecified atom stereocenters. The lowest BCUT2D eigenvalue weighted by molar-refractivity contribution is 0.103. The highest BCUT2D eigenvalue weighted by atomic mass is 19.1. The van der Waals surface area contributed by atoms with E-state index >= 15 is 0 Å². The van der Waals surface area contributed by atoms with Crippen LogP contribution in [-0.2, 0) is 6.61 Å². The van der Waals surface area contributed by atoms with Crippen LogP contribution in [0.4, 0.5) is 10.1 Å². The van der Waals surface area contributed by atoms with Gasteiger partial charge >= 0.3 is 0 Å². The van der Waals surface area contributed by atoms with Crippen molar-refractivity contribution in [1.29, 1.82) is 0 Å². The van der Waals surface area contributed by atoms with Gasteiger partial charge in [-0.15, -0.1) is 0 Å².